The van der Waals surface area contributed by atoms with Gasteiger partial charge < -0.3 is 5.32 Å². The van der Waals surface area contributed by atoms with E-state index in [2.05, 4.69) is 15.0 Å². The number of aromatic nitrogens is 1. The van der Waals surface area contributed by atoms with E-state index in [1.54, 1.807) is 30.3 Å². The molecule has 156 valence electrons. The van der Waals surface area contributed by atoms with Crippen LogP contribution in [0.5, 0.6) is 0 Å². The summed E-state index contributed by atoms with van der Waals surface area (Å²) >= 11 is 0. The van der Waals surface area contributed by atoms with Crippen LogP contribution >= 0.6 is 0 Å². The highest BCUT2D eigenvalue weighted by Gasteiger charge is 2.29. The van der Waals surface area contributed by atoms with Crippen molar-refractivity contribution in [1.82, 2.24) is 10.3 Å². The Morgan fingerprint density at radius 1 is 1.07 bits per heavy atom. The lowest BCUT2D eigenvalue weighted by molar-refractivity contribution is 0.0941. The summed E-state index contributed by atoms with van der Waals surface area (Å²) in [4.78, 5) is 16.7. The monoisotopic (exact) mass is 445 g/mol. The van der Waals surface area contributed by atoms with Crippen molar-refractivity contribution >= 4 is 42.4 Å². The molecule has 0 spiro atoms. The molecule has 3 aromatic rings. The van der Waals surface area contributed by atoms with E-state index >= 15 is 0 Å². The molecule has 1 amide bonds. The van der Waals surface area contributed by atoms with Crippen molar-refractivity contribution in [3.05, 3.63) is 66.4 Å². The van der Waals surface area contributed by atoms with Gasteiger partial charge in [0.05, 0.1) is 17.0 Å². The van der Waals surface area contributed by atoms with E-state index < -0.39 is 31.8 Å². The Hall–Kier alpha value is -2.98. The summed E-state index contributed by atoms with van der Waals surface area (Å²) in [5.74, 6) is -0.485. The molecule has 1 saturated heterocycles. The number of para-hydroxylation sites is 1. The van der Waals surface area contributed by atoms with Crippen LogP contribution in [0.4, 0.5) is 5.69 Å². The molecule has 4 rings (SSSR count). The topological polar surface area (TPSA) is 122 Å². The van der Waals surface area contributed by atoms with Gasteiger partial charge in [-0.2, -0.15) is 0 Å². The van der Waals surface area contributed by atoms with E-state index in [0.29, 0.717) is 17.3 Å². The Kier molecular flexibility index (Phi) is 5.20. The average Bonchev–Trinajstić information content (AvgIpc) is 3.05. The van der Waals surface area contributed by atoms with E-state index in [1.807, 2.05) is 0 Å². The zero-order valence-electron chi connectivity index (χ0n) is 15.8. The summed E-state index contributed by atoms with van der Waals surface area (Å²) in [6, 6.07) is 14.0. The summed E-state index contributed by atoms with van der Waals surface area (Å²) in [5.41, 5.74) is 0.800. The highest BCUT2D eigenvalue weighted by molar-refractivity contribution is 7.93. The quantitative estimate of drug-likeness (QED) is 0.619. The van der Waals surface area contributed by atoms with E-state index in [0.717, 1.165) is 0 Å². The van der Waals surface area contributed by atoms with Crippen LogP contribution in [0.25, 0.3) is 10.9 Å². The molecule has 2 aromatic carbocycles. The number of anilines is 1. The maximum absolute atomic E-state index is 12.9. The third kappa shape index (κ3) is 4.29. The zero-order chi connectivity index (χ0) is 21.4. The van der Waals surface area contributed by atoms with Crippen LogP contribution in [0.3, 0.4) is 0 Å². The predicted octanol–water partition coefficient (Wildman–Crippen LogP) is 1.95. The molecule has 0 radical (unpaired) electrons. The number of benzene rings is 2. The van der Waals surface area contributed by atoms with Gasteiger partial charge in [-0.15, -0.1) is 0 Å². The summed E-state index contributed by atoms with van der Waals surface area (Å²) in [6.45, 7) is 0. The van der Waals surface area contributed by atoms with Crippen molar-refractivity contribution in [3.8, 4) is 0 Å². The standard InChI is InChI=1S/C20H19N3O5S2/c24-20(22-17-9-11-29(25,26)13-17)15-5-1-7-16(12-15)23-30(27,28)18-8-2-4-14-6-3-10-21-19(14)18/h1-8,10,12,17,23H,9,11,13H2,(H,22,24)/t17-/m1/s1. The van der Waals surface area contributed by atoms with Crippen LogP contribution in [0.2, 0.25) is 0 Å². The summed E-state index contributed by atoms with van der Waals surface area (Å²) < 4.78 is 51.5. The summed E-state index contributed by atoms with van der Waals surface area (Å²) in [6.07, 6.45) is 1.89. The minimum atomic E-state index is -3.94. The SMILES string of the molecule is O=C(N[C@@H]1CCS(=O)(=O)C1)c1cccc(NS(=O)(=O)c2cccc3cccnc23)c1. The Labute approximate surface area is 174 Å². The van der Waals surface area contributed by atoms with Crippen LogP contribution in [-0.2, 0) is 19.9 Å². The number of fused-ring (bicyclic) bond motifs is 1. The van der Waals surface area contributed by atoms with E-state index in [-0.39, 0.29) is 27.7 Å². The van der Waals surface area contributed by atoms with Crippen molar-refractivity contribution < 1.29 is 21.6 Å². The number of sulfone groups is 1. The number of carbonyl (C=O) groups excluding carboxylic acids is 1. The molecule has 8 nitrogen and oxygen atoms in total. The predicted molar refractivity (Wildman–Crippen MR) is 114 cm³/mol. The van der Waals surface area contributed by atoms with Gasteiger partial charge in [-0.25, -0.2) is 16.8 Å². The molecule has 0 unspecified atom stereocenters. The van der Waals surface area contributed by atoms with Gasteiger partial charge in [0.2, 0.25) is 0 Å². The largest absolute Gasteiger partial charge is 0.348 e. The maximum Gasteiger partial charge on any atom is 0.264 e. The van der Waals surface area contributed by atoms with Crippen LogP contribution in [0.1, 0.15) is 16.8 Å². The number of nitrogens with zero attached hydrogens (tertiary/aromatic N) is 1. The van der Waals surface area contributed by atoms with Crippen LogP contribution in [0, 0.1) is 0 Å². The number of sulfonamides is 1. The molecule has 0 bridgehead atoms. The minimum Gasteiger partial charge on any atom is -0.348 e. The van der Waals surface area contributed by atoms with Gasteiger partial charge in [0.25, 0.3) is 15.9 Å². The molecule has 0 saturated carbocycles. The van der Waals surface area contributed by atoms with Crippen molar-refractivity contribution in [3.63, 3.8) is 0 Å². The smallest absolute Gasteiger partial charge is 0.264 e. The van der Waals surface area contributed by atoms with Crippen molar-refractivity contribution in [2.75, 3.05) is 16.2 Å². The fourth-order valence-corrected chi connectivity index (χ4v) is 6.31. The highest BCUT2D eigenvalue weighted by atomic mass is 32.2. The lowest BCUT2D eigenvalue weighted by Crippen LogP contribution is -2.35. The second-order valence-electron chi connectivity index (χ2n) is 7.09. The molecular formula is C20H19N3O5S2. The first kappa shape index (κ1) is 20.3. The van der Waals surface area contributed by atoms with E-state index in [1.165, 1.54) is 30.5 Å². The second kappa shape index (κ2) is 7.69. The number of hydrogen-bond acceptors (Lipinski definition) is 6. The Morgan fingerprint density at radius 2 is 1.83 bits per heavy atom. The number of carbonyl (C=O) groups is 1. The zero-order valence-corrected chi connectivity index (χ0v) is 17.4. The molecule has 10 heteroatoms. The molecule has 30 heavy (non-hydrogen) atoms. The first-order valence-electron chi connectivity index (χ1n) is 9.21. The lowest BCUT2D eigenvalue weighted by atomic mass is 10.1. The number of rotatable bonds is 5. The third-order valence-corrected chi connectivity index (χ3v) is 8.01. The number of amides is 1. The number of hydrogen-bond donors (Lipinski definition) is 2. The molecule has 1 fully saturated rings. The van der Waals surface area contributed by atoms with Gasteiger partial charge in [-0.3, -0.25) is 14.5 Å². The summed E-state index contributed by atoms with van der Waals surface area (Å²) in [7, 11) is -7.06. The van der Waals surface area contributed by atoms with Gasteiger partial charge in [0.1, 0.15) is 4.90 Å². The van der Waals surface area contributed by atoms with Gasteiger partial charge in [0.15, 0.2) is 9.84 Å². The first-order valence-corrected chi connectivity index (χ1v) is 12.5. The third-order valence-electron chi connectivity index (χ3n) is 4.83. The van der Waals surface area contributed by atoms with Crippen LogP contribution in [-0.4, -0.2) is 45.3 Å². The lowest BCUT2D eigenvalue weighted by Gasteiger charge is -2.13. The molecule has 0 aliphatic carbocycles. The van der Waals surface area contributed by atoms with Gasteiger partial charge in [-0.05, 0) is 36.8 Å². The maximum atomic E-state index is 12.9. The van der Waals surface area contributed by atoms with Crippen LogP contribution in [0.15, 0.2) is 65.7 Å². The van der Waals surface area contributed by atoms with Crippen molar-refractivity contribution in [2.45, 2.75) is 17.4 Å². The number of nitrogens with one attached hydrogen (secondary N) is 2. The molecular weight excluding hydrogens is 426 g/mol. The molecule has 1 aromatic heterocycles. The Balaban J connectivity index is 1.56. The Bertz CT molecular complexity index is 1330. The van der Waals surface area contributed by atoms with Gasteiger partial charge >= 0.3 is 0 Å². The highest BCUT2D eigenvalue weighted by Crippen LogP contribution is 2.23. The summed E-state index contributed by atoms with van der Waals surface area (Å²) in [5, 5.41) is 3.39. The Morgan fingerprint density at radius 3 is 2.60 bits per heavy atom. The second-order valence-corrected chi connectivity index (χ2v) is 11.0. The van der Waals surface area contributed by atoms with Gasteiger partial charge in [-0.1, -0.05) is 24.3 Å². The van der Waals surface area contributed by atoms with Crippen molar-refractivity contribution in [2.24, 2.45) is 0 Å². The van der Waals surface area contributed by atoms with Gasteiger partial charge in [0, 0.05) is 28.9 Å². The molecule has 1 aliphatic rings. The molecule has 1 atom stereocenters. The van der Waals surface area contributed by atoms with E-state index in [4.69, 9.17) is 0 Å². The fourth-order valence-electron chi connectivity index (χ4n) is 3.40. The fraction of sp³-hybridized carbons (Fsp3) is 0.200. The van der Waals surface area contributed by atoms with Crippen molar-refractivity contribution in [1.29, 1.82) is 0 Å². The van der Waals surface area contributed by atoms with E-state index in [9.17, 15) is 21.6 Å². The average molecular weight is 446 g/mol. The molecule has 1 aliphatic heterocycles. The first-order chi connectivity index (χ1) is 14.2. The van der Waals surface area contributed by atoms with Crippen LogP contribution < -0.4 is 10.0 Å². The minimum absolute atomic E-state index is 0.0339. The normalized spacial score (nSPS) is 18.2. The molecule has 2 N–H and O–H groups in total. The number of pyridine rings is 1. The molecule has 2 heterocycles.